The van der Waals surface area contributed by atoms with Gasteiger partial charge in [-0.25, -0.2) is 0 Å². The number of hydrogen-bond donors (Lipinski definition) is 2. The number of rotatable bonds is 3. The van der Waals surface area contributed by atoms with E-state index in [1.54, 1.807) is 0 Å². The van der Waals surface area contributed by atoms with Crippen molar-refractivity contribution < 1.29 is 5.11 Å². The van der Waals surface area contributed by atoms with E-state index in [1.807, 2.05) is 31.2 Å². The topological polar surface area (TPSA) is 46.2 Å². The van der Waals surface area contributed by atoms with Crippen LogP contribution >= 0.6 is 22.6 Å². The summed E-state index contributed by atoms with van der Waals surface area (Å²) in [6.45, 7) is 2.47. The largest absolute Gasteiger partial charge is 0.385 e. The maximum absolute atomic E-state index is 10.8. The zero-order valence-corrected chi connectivity index (χ0v) is 11.7. The summed E-state index contributed by atoms with van der Waals surface area (Å²) in [7, 11) is 0. The number of aliphatic hydroxyl groups is 1. The van der Waals surface area contributed by atoms with E-state index in [-0.39, 0.29) is 5.41 Å². The first-order valence-corrected chi connectivity index (χ1v) is 6.78. The van der Waals surface area contributed by atoms with Crippen molar-refractivity contribution in [3.05, 3.63) is 33.4 Å². The van der Waals surface area contributed by atoms with E-state index in [9.17, 15) is 5.11 Å². The Hall–Kier alpha value is -0.130. The summed E-state index contributed by atoms with van der Waals surface area (Å²) in [5, 5.41) is 10.8. The molecule has 1 atom stereocenters. The summed E-state index contributed by atoms with van der Waals surface area (Å²) < 4.78 is 1.19. The maximum atomic E-state index is 10.8. The molecule has 2 rings (SSSR count). The Labute approximate surface area is 110 Å². The van der Waals surface area contributed by atoms with Crippen molar-refractivity contribution in [1.29, 1.82) is 0 Å². The van der Waals surface area contributed by atoms with E-state index < -0.39 is 5.60 Å². The van der Waals surface area contributed by atoms with Gasteiger partial charge in [-0.05, 0) is 60.1 Å². The molecular weight excluding hydrogens is 313 g/mol. The first-order valence-electron chi connectivity index (χ1n) is 5.70. The standard InChI is InChI=1S/C13H18INO/c1-12(16,13(9-15)7-2-8-13)10-3-5-11(14)6-4-10/h3-6,16H,2,7-9,15H2,1H3. The Bertz CT molecular complexity index is 363. The van der Waals surface area contributed by atoms with Crippen LogP contribution in [0.5, 0.6) is 0 Å². The Morgan fingerprint density at radius 2 is 1.94 bits per heavy atom. The van der Waals surface area contributed by atoms with E-state index in [2.05, 4.69) is 22.6 Å². The van der Waals surface area contributed by atoms with Crippen molar-refractivity contribution in [2.24, 2.45) is 11.1 Å². The van der Waals surface area contributed by atoms with Crippen molar-refractivity contribution in [1.82, 2.24) is 0 Å². The predicted molar refractivity (Wildman–Crippen MR) is 74.1 cm³/mol. The summed E-state index contributed by atoms with van der Waals surface area (Å²) >= 11 is 2.27. The second-order valence-corrected chi connectivity index (χ2v) is 6.16. The quantitative estimate of drug-likeness (QED) is 0.837. The highest BCUT2D eigenvalue weighted by atomic mass is 127. The number of nitrogens with two attached hydrogens (primary N) is 1. The van der Waals surface area contributed by atoms with Gasteiger partial charge < -0.3 is 10.8 Å². The molecule has 3 heteroatoms. The average molecular weight is 331 g/mol. The Morgan fingerprint density at radius 3 is 2.31 bits per heavy atom. The molecule has 0 spiro atoms. The van der Waals surface area contributed by atoms with Gasteiger partial charge in [-0.3, -0.25) is 0 Å². The van der Waals surface area contributed by atoms with Crippen LogP contribution in [0.15, 0.2) is 24.3 Å². The van der Waals surface area contributed by atoms with Crippen molar-refractivity contribution in [3.63, 3.8) is 0 Å². The first-order chi connectivity index (χ1) is 7.52. The molecule has 88 valence electrons. The highest BCUT2D eigenvalue weighted by molar-refractivity contribution is 14.1. The smallest absolute Gasteiger partial charge is 0.0936 e. The minimum absolute atomic E-state index is 0.111. The summed E-state index contributed by atoms with van der Waals surface area (Å²) in [5.41, 5.74) is 5.93. The lowest BCUT2D eigenvalue weighted by atomic mass is 9.57. The van der Waals surface area contributed by atoms with Gasteiger partial charge in [-0.1, -0.05) is 18.6 Å². The lowest BCUT2D eigenvalue weighted by Gasteiger charge is -2.51. The van der Waals surface area contributed by atoms with Gasteiger partial charge in [0.25, 0.3) is 0 Å². The van der Waals surface area contributed by atoms with Gasteiger partial charge in [-0.2, -0.15) is 0 Å². The van der Waals surface area contributed by atoms with Crippen LogP contribution in [0.4, 0.5) is 0 Å². The molecular formula is C13H18INO. The summed E-state index contributed by atoms with van der Waals surface area (Å²) in [6, 6.07) is 8.09. The monoisotopic (exact) mass is 331 g/mol. The molecule has 1 unspecified atom stereocenters. The molecule has 0 saturated heterocycles. The van der Waals surface area contributed by atoms with Gasteiger partial charge >= 0.3 is 0 Å². The van der Waals surface area contributed by atoms with E-state index in [4.69, 9.17) is 5.73 Å². The van der Waals surface area contributed by atoms with Crippen LogP contribution < -0.4 is 5.73 Å². The molecule has 1 aliphatic rings. The van der Waals surface area contributed by atoms with Gasteiger partial charge in [0.1, 0.15) is 0 Å². The fourth-order valence-electron chi connectivity index (χ4n) is 2.57. The van der Waals surface area contributed by atoms with Crippen LogP contribution in [0.1, 0.15) is 31.7 Å². The minimum Gasteiger partial charge on any atom is -0.385 e. The van der Waals surface area contributed by atoms with E-state index in [0.717, 1.165) is 18.4 Å². The molecule has 16 heavy (non-hydrogen) atoms. The fourth-order valence-corrected chi connectivity index (χ4v) is 2.93. The maximum Gasteiger partial charge on any atom is 0.0936 e. The molecule has 2 nitrogen and oxygen atoms in total. The van der Waals surface area contributed by atoms with Crippen LogP contribution in [0.2, 0.25) is 0 Å². The highest BCUT2D eigenvalue weighted by Crippen LogP contribution is 2.52. The lowest BCUT2D eigenvalue weighted by Crippen LogP contribution is -2.53. The third kappa shape index (κ3) is 1.79. The molecule has 0 aromatic heterocycles. The van der Waals surface area contributed by atoms with E-state index in [0.29, 0.717) is 6.54 Å². The van der Waals surface area contributed by atoms with Gasteiger partial charge in [0.05, 0.1) is 5.60 Å². The van der Waals surface area contributed by atoms with Crippen LogP contribution in [-0.4, -0.2) is 11.7 Å². The molecule has 3 N–H and O–H groups in total. The molecule has 1 aliphatic carbocycles. The molecule has 0 aliphatic heterocycles. The van der Waals surface area contributed by atoms with Gasteiger partial charge in [0.2, 0.25) is 0 Å². The molecule has 1 aromatic rings. The van der Waals surface area contributed by atoms with Crippen LogP contribution in [-0.2, 0) is 5.60 Å². The van der Waals surface area contributed by atoms with Crippen molar-refractivity contribution >= 4 is 22.6 Å². The van der Waals surface area contributed by atoms with Crippen LogP contribution in [0, 0.1) is 8.99 Å². The Balaban J connectivity index is 2.34. The second kappa shape index (κ2) is 4.27. The molecule has 0 heterocycles. The van der Waals surface area contributed by atoms with Gasteiger partial charge in [0, 0.05) is 15.5 Å². The summed E-state index contributed by atoms with van der Waals surface area (Å²) in [6.07, 6.45) is 3.24. The van der Waals surface area contributed by atoms with Gasteiger partial charge in [0.15, 0.2) is 0 Å². The van der Waals surface area contributed by atoms with Crippen LogP contribution in [0.25, 0.3) is 0 Å². The normalized spacial score (nSPS) is 22.2. The van der Waals surface area contributed by atoms with Crippen molar-refractivity contribution in [3.8, 4) is 0 Å². The SMILES string of the molecule is CC(O)(c1ccc(I)cc1)C1(CN)CCC1. The predicted octanol–water partition coefficient (Wildman–Crippen LogP) is 2.63. The molecule has 0 amide bonds. The summed E-state index contributed by atoms with van der Waals surface area (Å²) in [4.78, 5) is 0. The molecule has 0 bridgehead atoms. The molecule has 1 saturated carbocycles. The van der Waals surface area contributed by atoms with E-state index >= 15 is 0 Å². The number of hydrogen-bond acceptors (Lipinski definition) is 2. The minimum atomic E-state index is -0.801. The van der Waals surface area contributed by atoms with Crippen LogP contribution in [0.3, 0.4) is 0 Å². The van der Waals surface area contributed by atoms with Crippen molar-refractivity contribution in [2.75, 3.05) is 6.54 Å². The zero-order valence-electron chi connectivity index (χ0n) is 9.54. The number of halogens is 1. The van der Waals surface area contributed by atoms with E-state index in [1.165, 1.54) is 9.99 Å². The first kappa shape index (κ1) is 12.3. The summed E-state index contributed by atoms with van der Waals surface area (Å²) in [5.74, 6) is 0. The zero-order chi connectivity index (χ0) is 11.8. The Morgan fingerprint density at radius 1 is 1.38 bits per heavy atom. The third-order valence-electron chi connectivity index (χ3n) is 4.14. The average Bonchev–Trinajstić information content (AvgIpc) is 2.17. The van der Waals surface area contributed by atoms with Gasteiger partial charge in [-0.15, -0.1) is 0 Å². The second-order valence-electron chi connectivity index (χ2n) is 4.92. The molecule has 0 radical (unpaired) electrons. The fraction of sp³-hybridized carbons (Fsp3) is 0.538. The molecule has 1 fully saturated rings. The Kier molecular flexibility index (Phi) is 3.29. The van der Waals surface area contributed by atoms with Crippen molar-refractivity contribution in [2.45, 2.75) is 31.8 Å². The number of benzene rings is 1. The highest BCUT2D eigenvalue weighted by Gasteiger charge is 2.50. The lowest BCUT2D eigenvalue weighted by molar-refractivity contribution is -0.116. The third-order valence-corrected chi connectivity index (χ3v) is 4.86. The molecule has 1 aromatic carbocycles.